The van der Waals surface area contributed by atoms with Gasteiger partial charge in [-0.3, -0.25) is 9.48 Å². The van der Waals surface area contributed by atoms with E-state index in [2.05, 4.69) is 10.4 Å². The molecule has 0 aliphatic rings. The molecule has 25 heavy (non-hydrogen) atoms. The summed E-state index contributed by atoms with van der Waals surface area (Å²) in [5.41, 5.74) is 2.69. The molecule has 2 aromatic heterocycles. The smallest absolute Gasteiger partial charge is 0.287 e. The minimum atomic E-state index is -0.242. The molecule has 0 fully saturated rings. The summed E-state index contributed by atoms with van der Waals surface area (Å²) in [6.07, 6.45) is 0. The Morgan fingerprint density at radius 3 is 2.60 bits per heavy atom. The first kappa shape index (κ1) is 17.3. The van der Waals surface area contributed by atoms with Crippen molar-refractivity contribution < 1.29 is 9.21 Å². The predicted molar refractivity (Wildman–Crippen MR) is 96.8 cm³/mol. The van der Waals surface area contributed by atoms with Gasteiger partial charge in [0.1, 0.15) is 5.76 Å². The zero-order valence-electron chi connectivity index (χ0n) is 14.4. The number of benzene rings is 1. The maximum absolute atomic E-state index is 12.4. The molecule has 1 amide bonds. The lowest BCUT2D eigenvalue weighted by molar-refractivity contribution is 0.0909. The van der Waals surface area contributed by atoms with Crippen LogP contribution in [0.25, 0.3) is 0 Å². The summed E-state index contributed by atoms with van der Waals surface area (Å²) in [5.74, 6) is 0.694. The number of hydrogen-bond donors (Lipinski definition) is 1. The van der Waals surface area contributed by atoms with Gasteiger partial charge in [0.05, 0.1) is 29.0 Å². The molecule has 0 saturated heterocycles. The van der Waals surface area contributed by atoms with E-state index < -0.39 is 0 Å². The minimum Gasteiger partial charge on any atom is -0.454 e. The Bertz CT molecular complexity index is 883. The van der Waals surface area contributed by atoms with Crippen molar-refractivity contribution in [2.24, 2.45) is 0 Å². The number of halogens is 1. The third-order valence-electron chi connectivity index (χ3n) is 4.13. The SMILES string of the molecule is Cc1nn(Cc2ccc(C(=O)NC(C)c3ccccc3)o2)c(C)c1Cl. The number of aromatic nitrogens is 2. The van der Waals surface area contributed by atoms with Crippen molar-refractivity contribution >= 4 is 17.5 Å². The van der Waals surface area contributed by atoms with Gasteiger partial charge in [0, 0.05) is 0 Å². The van der Waals surface area contributed by atoms with Gasteiger partial charge in [-0.25, -0.2) is 0 Å². The van der Waals surface area contributed by atoms with E-state index in [0.717, 1.165) is 17.0 Å². The lowest BCUT2D eigenvalue weighted by atomic mass is 10.1. The molecule has 6 heteroatoms. The Morgan fingerprint density at radius 2 is 1.96 bits per heavy atom. The standard InChI is InChI=1S/C19H20ClN3O2/c1-12(15-7-5-4-6-8-15)21-19(24)17-10-9-16(25-17)11-23-14(3)18(20)13(2)22-23/h4-10,12H,11H2,1-3H3,(H,21,24). The average Bonchev–Trinajstić information content (AvgIpc) is 3.17. The maximum Gasteiger partial charge on any atom is 0.287 e. The second kappa shape index (κ2) is 7.15. The quantitative estimate of drug-likeness (QED) is 0.741. The first-order valence-electron chi connectivity index (χ1n) is 8.09. The van der Waals surface area contributed by atoms with Gasteiger partial charge in [-0.15, -0.1) is 0 Å². The number of furan rings is 1. The number of rotatable bonds is 5. The zero-order chi connectivity index (χ0) is 18.0. The molecule has 0 aliphatic carbocycles. The minimum absolute atomic E-state index is 0.0999. The van der Waals surface area contributed by atoms with E-state index in [-0.39, 0.29) is 17.7 Å². The molecule has 0 spiro atoms. The van der Waals surface area contributed by atoms with E-state index in [9.17, 15) is 4.79 Å². The monoisotopic (exact) mass is 357 g/mol. The molecule has 2 heterocycles. The fourth-order valence-electron chi connectivity index (χ4n) is 2.65. The highest BCUT2D eigenvalue weighted by molar-refractivity contribution is 6.31. The van der Waals surface area contributed by atoms with E-state index in [1.807, 2.05) is 51.1 Å². The molecule has 0 aliphatic heterocycles. The fraction of sp³-hybridized carbons (Fsp3) is 0.263. The fourth-order valence-corrected chi connectivity index (χ4v) is 2.79. The van der Waals surface area contributed by atoms with Crippen molar-refractivity contribution in [1.82, 2.24) is 15.1 Å². The first-order chi connectivity index (χ1) is 12.0. The number of carbonyl (C=O) groups is 1. The average molecular weight is 358 g/mol. The summed E-state index contributed by atoms with van der Waals surface area (Å²) < 4.78 is 7.44. The summed E-state index contributed by atoms with van der Waals surface area (Å²) in [6.45, 7) is 6.13. The Labute approximate surface area is 151 Å². The molecule has 5 nitrogen and oxygen atoms in total. The van der Waals surface area contributed by atoms with Crippen LogP contribution in [0.5, 0.6) is 0 Å². The zero-order valence-corrected chi connectivity index (χ0v) is 15.2. The molecule has 0 bridgehead atoms. The van der Waals surface area contributed by atoms with Crippen molar-refractivity contribution in [3.63, 3.8) is 0 Å². The van der Waals surface area contributed by atoms with Gasteiger partial charge >= 0.3 is 0 Å². The largest absolute Gasteiger partial charge is 0.454 e. The Morgan fingerprint density at radius 1 is 1.24 bits per heavy atom. The molecular formula is C19H20ClN3O2. The highest BCUT2D eigenvalue weighted by Gasteiger charge is 2.16. The lowest BCUT2D eigenvalue weighted by Crippen LogP contribution is -2.26. The van der Waals surface area contributed by atoms with Crippen molar-refractivity contribution in [2.75, 3.05) is 0 Å². The molecule has 0 radical (unpaired) electrons. The van der Waals surface area contributed by atoms with Crippen LogP contribution in [0, 0.1) is 13.8 Å². The maximum atomic E-state index is 12.4. The van der Waals surface area contributed by atoms with Crippen LogP contribution in [0.3, 0.4) is 0 Å². The van der Waals surface area contributed by atoms with Crippen LogP contribution in [0.15, 0.2) is 46.9 Å². The van der Waals surface area contributed by atoms with Gasteiger partial charge in [-0.05, 0) is 38.5 Å². The van der Waals surface area contributed by atoms with Crippen molar-refractivity contribution in [3.05, 3.63) is 76.0 Å². The van der Waals surface area contributed by atoms with Crippen molar-refractivity contribution in [3.8, 4) is 0 Å². The van der Waals surface area contributed by atoms with Gasteiger partial charge in [-0.2, -0.15) is 5.10 Å². The molecule has 1 N–H and O–H groups in total. The van der Waals surface area contributed by atoms with Crippen LogP contribution in [0.4, 0.5) is 0 Å². The number of carbonyl (C=O) groups excluding carboxylic acids is 1. The summed E-state index contributed by atoms with van der Waals surface area (Å²) in [7, 11) is 0. The van der Waals surface area contributed by atoms with Crippen LogP contribution in [-0.2, 0) is 6.54 Å². The Kier molecular flexibility index (Phi) is 4.95. The second-order valence-electron chi connectivity index (χ2n) is 6.01. The number of nitrogens with one attached hydrogen (secondary N) is 1. The molecular weight excluding hydrogens is 338 g/mol. The summed E-state index contributed by atoms with van der Waals surface area (Å²) in [5, 5.41) is 7.96. The van der Waals surface area contributed by atoms with Crippen LogP contribution in [0.1, 0.15) is 46.2 Å². The Balaban J connectivity index is 1.68. The summed E-state index contributed by atoms with van der Waals surface area (Å²) in [6, 6.07) is 13.2. The molecule has 1 aromatic carbocycles. The Hall–Kier alpha value is -2.53. The van der Waals surface area contributed by atoms with Gasteiger partial charge < -0.3 is 9.73 Å². The molecule has 3 rings (SSSR count). The normalized spacial score (nSPS) is 12.2. The van der Waals surface area contributed by atoms with E-state index in [0.29, 0.717) is 17.3 Å². The third kappa shape index (κ3) is 3.77. The highest BCUT2D eigenvalue weighted by atomic mass is 35.5. The number of amides is 1. The van der Waals surface area contributed by atoms with Crippen LogP contribution < -0.4 is 5.32 Å². The van der Waals surface area contributed by atoms with Gasteiger partial charge in [0.15, 0.2) is 5.76 Å². The number of aryl methyl sites for hydroxylation is 1. The lowest BCUT2D eigenvalue weighted by Gasteiger charge is -2.13. The summed E-state index contributed by atoms with van der Waals surface area (Å²) in [4.78, 5) is 12.4. The van der Waals surface area contributed by atoms with Gasteiger partial charge in [-0.1, -0.05) is 41.9 Å². The second-order valence-corrected chi connectivity index (χ2v) is 6.39. The number of nitrogens with zero attached hydrogens (tertiary/aromatic N) is 2. The van der Waals surface area contributed by atoms with Crippen molar-refractivity contribution in [2.45, 2.75) is 33.4 Å². The topological polar surface area (TPSA) is 60.1 Å². The highest BCUT2D eigenvalue weighted by Crippen LogP contribution is 2.20. The van der Waals surface area contributed by atoms with Crippen LogP contribution >= 0.6 is 11.6 Å². The van der Waals surface area contributed by atoms with Gasteiger partial charge in [0.2, 0.25) is 0 Å². The molecule has 1 atom stereocenters. The summed E-state index contributed by atoms with van der Waals surface area (Å²) >= 11 is 6.16. The number of hydrogen-bond acceptors (Lipinski definition) is 3. The molecule has 1 unspecified atom stereocenters. The van der Waals surface area contributed by atoms with Crippen LogP contribution in [0.2, 0.25) is 5.02 Å². The third-order valence-corrected chi connectivity index (χ3v) is 4.68. The first-order valence-corrected chi connectivity index (χ1v) is 8.47. The van der Waals surface area contributed by atoms with Crippen molar-refractivity contribution in [1.29, 1.82) is 0 Å². The molecule has 3 aromatic rings. The van der Waals surface area contributed by atoms with E-state index >= 15 is 0 Å². The molecule has 0 saturated carbocycles. The van der Waals surface area contributed by atoms with Gasteiger partial charge in [0.25, 0.3) is 5.91 Å². The predicted octanol–water partition coefficient (Wildman–Crippen LogP) is 4.29. The van der Waals surface area contributed by atoms with E-state index in [1.165, 1.54) is 0 Å². The molecule has 130 valence electrons. The van der Waals surface area contributed by atoms with E-state index in [4.69, 9.17) is 16.0 Å². The van der Waals surface area contributed by atoms with E-state index in [1.54, 1.807) is 16.8 Å². The van der Waals surface area contributed by atoms with Crippen LogP contribution in [-0.4, -0.2) is 15.7 Å².